The van der Waals surface area contributed by atoms with E-state index in [9.17, 15) is 9.59 Å². The van der Waals surface area contributed by atoms with Gasteiger partial charge in [-0.25, -0.2) is 19.6 Å². The van der Waals surface area contributed by atoms with Crippen LogP contribution in [0.2, 0.25) is 0 Å². The summed E-state index contributed by atoms with van der Waals surface area (Å²) < 4.78 is 13.2. The van der Waals surface area contributed by atoms with Crippen LogP contribution in [0.1, 0.15) is 11.1 Å². The highest BCUT2D eigenvalue weighted by molar-refractivity contribution is 9.10. The fraction of sp³-hybridized carbons (Fsp3) is 0.357. The third-order valence-corrected chi connectivity index (χ3v) is 9.46. The molecule has 0 aliphatic carbocycles. The Morgan fingerprint density at radius 2 is 1.27 bits per heavy atom. The van der Waals surface area contributed by atoms with Crippen LogP contribution in [0.15, 0.2) is 59.0 Å². The minimum Gasteiger partial charge on any atom is -0.450 e. The Bertz CT molecular complexity index is 1330. The van der Waals surface area contributed by atoms with E-state index >= 15 is 0 Å². The number of ether oxygens (including phenoxy) is 2. The van der Waals surface area contributed by atoms with Crippen LogP contribution in [0.3, 0.4) is 0 Å². The molecule has 0 aromatic carbocycles. The predicted molar refractivity (Wildman–Crippen MR) is 159 cm³/mol. The summed E-state index contributed by atoms with van der Waals surface area (Å²) in [4.78, 5) is 38.6. The van der Waals surface area contributed by atoms with Crippen LogP contribution in [-0.2, 0) is 19.1 Å². The molecule has 2 N–H and O–H groups in total. The van der Waals surface area contributed by atoms with Crippen molar-refractivity contribution in [2.45, 2.75) is 23.3 Å². The molecule has 2 aromatic heterocycles. The number of halogens is 2. The smallest absolute Gasteiger partial charge is 0.331 e. The number of hydrogen-bond acceptors (Lipinski definition) is 10. The van der Waals surface area contributed by atoms with Gasteiger partial charge in [-0.1, -0.05) is 25.3 Å². The van der Waals surface area contributed by atoms with Crippen LogP contribution in [0.5, 0.6) is 0 Å². The lowest BCUT2D eigenvalue weighted by Gasteiger charge is -2.53. The molecule has 0 amide bonds. The minimum atomic E-state index is -0.663. The van der Waals surface area contributed by atoms with Crippen molar-refractivity contribution in [1.82, 2.24) is 20.6 Å². The summed E-state index contributed by atoms with van der Waals surface area (Å²) in [7, 11) is 0. The number of carbonyl (C=O) groups excluding carboxylic acids is 2. The van der Waals surface area contributed by atoms with E-state index in [2.05, 4.69) is 75.4 Å². The fourth-order valence-corrected chi connectivity index (χ4v) is 6.82. The van der Waals surface area contributed by atoms with Gasteiger partial charge in [0.15, 0.2) is 11.2 Å². The Morgan fingerprint density at radius 1 is 0.850 bits per heavy atom. The van der Waals surface area contributed by atoms with Crippen molar-refractivity contribution in [1.29, 1.82) is 0 Å². The summed E-state index contributed by atoms with van der Waals surface area (Å²) in [5.41, 5.74) is 2.33. The molecule has 4 saturated heterocycles. The van der Waals surface area contributed by atoms with E-state index in [-0.39, 0.29) is 12.1 Å². The summed E-state index contributed by atoms with van der Waals surface area (Å²) in [6, 6.07) is 3.94. The first-order valence-corrected chi connectivity index (χ1v) is 14.5. The molecular weight excluding hydrogens is 644 g/mol. The molecule has 0 spiro atoms. The molecule has 6 rings (SSSR count). The van der Waals surface area contributed by atoms with Gasteiger partial charge in [-0.2, -0.15) is 0 Å². The zero-order valence-electron chi connectivity index (χ0n) is 21.6. The number of fused-ring (bicyclic) bond motifs is 2. The molecule has 0 saturated carbocycles. The predicted octanol–water partition coefficient (Wildman–Crippen LogP) is 2.69. The second kappa shape index (κ2) is 10.4. The van der Waals surface area contributed by atoms with Crippen molar-refractivity contribution in [2.24, 2.45) is 0 Å². The van der Waals surface area contributed by atoms with Crippen LogP contribution in [0.4, 0.5) is 11.4 Å². The summed E-state index contributed by atoms with van der Waals surface area (Å²) in [5, 5.41) is 6.64. The van der Waals surface area contributed by atoms with Gasteiger partial charge in [0.2, 0.25) is 0 Å². The summed E-state index contributed by atoms with van der Waals surface area (Å²) in [5.74, 6) is -1.14. The third-order valence-electron chi connectivity index (χ3n) is 8.14. The number of aromatic nitrogens is 2. The Labute approximate surface area is 248 Å². The lowest BCUT2D eigenvalue weighted by atomic mass is 9.85. The van der Waals surface area contributed by atoms with Crippen molar-refractivity contribution >= 4 is 67.3 Å². The average molecular weight is 672 g/mol. The molecule has 4 fully saturated rings. The zero-order valence-corrected chi connectivity index (χ0v) is 24.8. The molecule has 0 radical (unpaired) electrons. The van der Waals surface area contributed by atoms with Gasteiger partial charge < -0.3 is 29.9 Å². The third kappa shape index (κ3) is 4.56. The van der Waals surface area contributed by atoms with E-state index < -0.39 is 23.1 Å². The molecule has 4 aliphatic heterocycles. The molecule has 0 unspecified atom stereocenters. The SMILES string of the molecule is C=Cc1cc(N2C[C@@]3(OC(=O)/C=C/C(=O)O[C@]45CNC[C@@H]4N(c4cnc(Br)c(C=C)c4)C5)CNC[C@H]23)cnc1Br. The zero-order chi connectivity index (χ0) is 28.1. The number of pyridine rings is 2. The van der Waals surface area contributed by atoms with Crippen molar-refractivity contribution in [3.63, 3.8) is 0 Å². The Morgan fingerprint density at radius 3 is 1.68 bits per heavy atom. The largest absolute Gasteiger partial charge is 0.450 e. The molecule has 0 bridgehead atoms. The van der Waals surface area contributed by atoms with Crippen LogP contribution in [-0.4, -0.2) is 84.5 Å². The van der Waals surface area contributed by atoms with Gasteiger partial charge in [-0.15, -0.1) is 0 Å². The van der Waals surface area contributed by atoms with Crippen LogP contribution in [0, 0.1) is 0 Å². The van der Waals surface area contributed by atoms with E-state index in [4.69, 9.17) is 9.47 Å². The molecule has 4 aliphatic rings. The maximum Gasteiger partial charge on any atom is 0.331 e. The molecular formula is C28H28Br2N6O4. The van der Waals surface area contributed by atoms with Gasteiger partial charge in [0.25, 0.3) is 0 Å². The Balaban J connectivity index is 1.06. The lowest BCUT2D eigenvalue weighted by Crippen LogP contribution is -2.71. The number of hydrogen-bond donors (Lipinski definition) is 2. The van der Waals surface area contributed by atoms with Gasteiger partial charge in [0, 0.05) is 49.5 Å². The van der Waals surface area contributed by atoms with E-state index in [1.807, 2.05) is 12.1 Å². The summed E-state index contributed by atoms with van der Waals surface area (Å²) >= 11 is 6.85. The van der Waals surface area contributed by atoms with Crippen molar-refractivity contribution in [3.05, 3.63) is 70.2 Å². The first-order valence-electron chi connectivity index (χ1n) is 12.9. The molecule has 2 aromatic rings. The number of nitrogens with zero attached hydrogens (tertiary/aromatic N) is 4. The van der Waals surface area contributed by atoms with Gasteiger partial charge in [-0.3, -0.25) is 0 Å². The minimum absolute atomic E-state index is 0.0303. The van der Waals surface area contributed by atoms with Crippen LogP contribution in [0.25, 0.3) is 12.2 Å². The quantitative estimate of drug-likeness (QED) is 0.247. The Hall–Kier alpha value is -3.06. The highest BCUT2D eigenvalue weighted by Crippen LogP contribution is 2.41. The summed E-state index contributed by atoms with van der Waals surface area (Å²) in [6.07, 6.45) is 9.37. The van der Waals surface area contributed by atoms with Crippen molar-refractivity contribution < 1.29 is 19.1 Å². The van der Waals surface area contributed by atoms with Crippen molar-refractivity contribution in [2.75, 3.05) is 49.1 Å². The highest BCUT2D eigenvalue weighted by atomic mass is 79.9. The Kier molecular flexibility index (Phi) is 7.06. The standard InChI is InChI=1S/C28H28Br2N6O4/c1-3-17-7-19(9-33-25(17)29)35-15-27(13-31-11-21(27)35)39-23(37)5-6-24(38)40-28-14-32-12-22(28)36(16-28)20-8-18(4-2)26(30)34-10-20/h3-10,21-22,31-32H,1-2,11-16H2/b6-5+/t21-,22-,27-,28-/m0/s1. The molecule has 12 heteroatoms. The first-order chi connectivity index (χ1) is 19.3. The fourth-order valence-electron chi connectivity index (χ4n) is 6.06. The van der Waals surface area contributed by atoms with Gasteiger partial charge in [-0.05, 0) is 44.0 Å². The lowest BCUT2D eigenvalue weighted by molar-refractivity contribution is -0.160. The molecule has 10 nitrogen and oxygen atoms in total. The second-order valence-corrected chi connectivity index (χ2v) is 11.9. The molecule has 6 heterocycles. The maximum absolute atomic E-state index is 12.8. The van der Waals surface area contributed by atoms with Crippen LogP contribution < -0.4 is 20.4 Å². The highest BCUT2D eigenvalue weighted by Gasteiger charge is 2.60. The topological polar surface area (TPSA) is 109 Å². The van der Waals surface area contributed by atoms with E-state index in [1.54, 1.807) is 24.5 Å². The van der Waals surface area contributed by atoms with E-state index in [0.29, 0.717) is 39.3 Å². The van der Waals surface area contributed by atoms with E-state index in [1.165, 1.54) is 0 Å². The van der Waals surface area contributed by atoms with Gasteiger partial charge in [0.05, 0.1) is 48.9 Å². The second-order valence-electron chi connectivity index (χ2n) is 10.4. The molecule has 4 atom stereocenters. The first kappa shape index (κ1) is 27.1. The van der Waals surface area contributed by atoms with E-state index in [0.717, 1.165) is 43.9 Å². The monoisotopic (exact) mass is 670 g/mol. The van der Waals surface area contributed by atoms with Gasteiger partial charge >= 0.3 is 11.9 Å². The molecule has 208 valence electrons. The average Bonchev–Trinajstić information content (AvgIpc) is 3.41. The molecule has 40 heavy (non-hydrogen) atoms. The van der Waals surface area contributed by atoms with Crippen LogP contribution >= 0.6 is 31.9 Å². The number of rotatable bonds is 8. The van der Waals surface area contributed by atoms with Crippen molar-refractivity contribution in [3.8, 4) is 0 Å². The summed E-state index contributed by atoms with van der Waals surface area (Å²) in [6.45, 7) is 11.2. The number of anilines is 2. The van der Waals surface area contributed by atoms with Gasteiger partial charge in [0.1, 0.15) is 9.21 Å². The number of esters is 2. The number of nitrogens with one attached hydrogen (secondary N) is 2. The normalized spacial score (nSPS) is 28.4. The maximum atomic E-state index is 12.8. The number of carbonyl (C=O) groups is 2.